The summed E-state index contributed by atoms with van der Waals surface area (Å²) in [4.78, 5) is 1.79. The Kier molecular flexibility index (Phi) is 4.61. The van der Waals surface area contributed by atoms with Crippen LogP contribution in [0, 0.1) is 11.3 Å². The molecule has 0 bridgehead atoms. The van der Waals surface area contributed by atoms with E-state index in [1.807, 2.05) is 12.1 Å². The molecule has 1 rings (SSSR count). The van der Waals surface area contributed by atoms with E-state index in [0.29, 0.717) is 18.7 Å². The molecule has 0 radical (unpaired) electrons. The van der Waals surface area contributed by atoms with Crippen LogP contribution in [0.3, 0.4) is 0 Å². The second-order valence-corrected chi connectivity index (χ2v) is 3.06. The van der Waals surface area contributed by atoms with Crippen molar-refractivity contribution in [3.05, 3.63) is 29.8 Å². The third-order valence-corrected chi connectivity index (χ3v) is 2.11. The van der Waals surface area contributed by atoms with Gasteiger partial charge >= 0.3 is 0 Å². The molecule has 80 valence electrons. The fourth-order valence-electron chi connectivity index (χ4n) is 1.44. The van der Waals surface area contributed by atoms with Gasteiger partial charge in [0.2, 0.25) is 0 Å². The summed E-state index contributed by atoms with van der Waals surface area (Å²) < 4.78 is 0. The molecule has 0 heterocycles. The van der Waals surface area contributed by atoms with E-state index in [0.717, 1.165) is 5.69 Å². The minimum Gasteiger partial charge on any atom is -0.395 e. The van der Waals surface area contributed by atoms with Crippen molar-refractivity contribution in [3.63, 3.8) is 0 Å². The molecular weight excluding hydrogens is 192 g/mol. The first-order valence-electron chi connectivity index (χ1n) is 4.79. The Hall–Kier alpha value is -1.57. The van der Waals surface area contributed by atoms with E-state index in [1.54, 1.807) is 17.0 Å². The largest absolute Gasteiger partial charge is 0.395 e. The highest BCUT2D eigenvalue weighted by molar-refractivity contribution is 5.59. The van der Waals surface area contributed by atoms with Crippen LogP contribution >= 0.6 is 0 Å². The van der Waals surface area contributed by atoms with Crippen molar-refractivity contribution >= 4 is 5.69 Å². The number of benzene rings is 1. The Morgan fingerprint density at radius 3 is 2.27 bits per heavy atom. The molecule has 0 saturated carbocycles. The summed E-state index contributed by atoms with van der Waals surface area (Å²) in [6.07, 6.45) is 0. The van der Waals surface area contributed by atoms with E-state index in [1.165, 1.54) is 0 Å². The molecule has 1 aromatic rings. The van der Waals surface area contributed by atoms with Crippen LogP contribution in [0.25, 0.3) is 0 Å². The zero-order valence-electron chi connectivity index (χ0n) is 8.43. The Labute approximate surface area is 89.0 Å². The van der Waals surface area contributed by atoms with E-state index in [-0.39, 0.29) is 13.2 Å². The van der Waals surface area contributed by atoms with Crippen LogP contribution in [-0.2, 0) is 0 Å². The second kappa shape index (κ2) is 6.02. The molecule has 0 atom stereocenters. The molecule has 0 fully saturated rings. The van der Waals surface area contributed by atoms with Crippen molar-refractivity contribution in [1.82, 2.24) is 0 Å². The van der Waals surface area contributed by atoms with Crippen LogP contribution in [0.4, 0.5) is 5.69 Å². The smallest absolute Gasteiger partial charge is 0.101 e. The monoisotopic (exact) mass is 206 g/mol. The average molecular weight is 206 g/mol. The molecule has 1 aromatic carbocycles. The molecule has 15 heavy (non-hydrogen) atoms. The van der Waals surface area contributed by atoms with E-state index < -0.39 is 0 Å². The van der Waals surface area contributed by atoms with Gasteiger partial charge in [0, 0.05) is 13.1 Å². The normalized spacial score (nSPS) is 9.67. The minimum atomic E-state index is -0.000235. The lowest BCUT2D eigenvalue weighted by Gasteiger charge is -2.23. The van der Waals surface area contributed by atoms with Gasteiger partial charge in [-0.1, -0.05) is 12.1 Å². The first-order chi connectivity index (χ1) is 7.33. The highest BCUT2D eigenvalue weighted by Crippen LogP contribution is 2.18. The first kappa shape index (κ1) is 11.5. The number of para-hydroxylation sites is 1. The molecule has 4 heteroatoms. The summed E-state index contributed by atoms with van der Waals surface area (Å²) in [6, 6.07) is 9.24. The van der Waals surface area contributed by atoms with Crippen molar-refractivity contribution in [2.75, 3.05) is 31.2 Å². The predicted molar refractivity (Wildman–Crippen MR) is 57.5 cm³/mol. The van der Waals surface area contributed by atoms with Gasteiger partial charge in [0.05, 0.1) is 24.5 Å². The number of nitrogens with zero attached hydrogens (tertiary/aromatic N) is 2. The van der Waals surface area contributed by atoms with Crippen LogP contribution in [-0.4, -0.2) is 36.5 Å². The van der Waals surface area contributed by atoms with E-state index >= 15 is 0 Å². The van der Waals surface area contributed by atoms with E-state index in [2.05, 4.69) is 6.07 Å². The minimum absolute atomic E-state index is 0.000235. The summed E-state index contributed by atoms with van der Waals surface area (Å²) >= 11 is 0. The molecule has 0 aliphatic heterocycles. The lowest BCUT2D eigenvalue weighted by Crippen LogP contribution is -2.30. The van der Waals surface area contributed by atoms with Gasteiger partial charge in [-0.05, 0) is 12.1 Å². The number of hydrogen-bond donors (Lipinski definition) is 2. The number of anilines is 1. The van der Waals surface area contributed by atoms with Gasteiger partial charge in [-0.15, -0.1) is 0 Å². The van der Waals surface area contributed by atoms with Crippen molar-refractivity contribution in [3.8, 4) is 6.07 Å². The maximum absolute atomic E-state index is 8.90. The van der Waals surface area contributed by atoms with Crippen molar-refractivity contribution in [2.24, 2.45) is 0 Å². The number of hydrogen-bond acceptors (Lipinski definition) is 4. The quantitative estimate of drug-likeness (QED) is 0.729. The summed E-state index contributed by atoms with van der Waals surface area (Å²) in [6.45, 7) is 0.831. The summed E-state index contributed by atoms with van der Waals surface area (Å²) in [5, 5.41) is 26.7. The third kappa shape index (κ3) is 2.94. The van der Waals surface area contributed by atoms with Gasteiger partial charge < -0.3 is 15.1 Å². The van der Waals surface area contributed by atoms with Crippen molar-refractivity contribution in [1.29, 1.82) is 5.26 Å². The molecule has 0 aliphatic carbocycles. The Morgan fingerprint density at radius 2 is 1.73 bits per heavy atom. The standard InChI is InChI=1S/C11H14N2O2/c12-9-10-3-1-2-4-11(10)13(5-7-14)6-8-15/h1-4,14-15H,5-8H2. The second-order valence-electron chi connectivity index (χ2n) is 3.06. The molecule has 0 amide bonds. The SMILES string of the molecule is N#Cc1ccccc1N(CCO)CCO. The Morgan fingerprint density at radius 1 is 1.13 bits per heavy atom. The molecule has 0 saturated heterocycles. The highest BCUT2D eigenvalue weighted by Gasteiger charge is 2.09. The number of aliphatic hydroxyl groups excluding tert-OH is 2. The Balaban J connectivity index is 2.94. The highest BCUT2D eigenvalue weighted by atomic mass is 16.3. The number of aliphatic hydroxyl groups is 2. The molecular formula is C11H14N2O2. The van der Waals surface area contributed by atoms with Gasteiger partial charge in [0.25, 0.3) is 0 Å². The first-order valence-corrected chi connectivity index (χ1v) is 4.79. The molecule has 2 N–H and O–H groups in total. The fourth-order valence-corrected chi connectivity index (χ4v) is 1.44. The average Bonchev–Trinajstić information content (AvgIpc) is 2.29. The number of nitriles is 1. The maximum Gasteiger partial charge on any atom is 0.101 e. The van der Waals surface area contributed by atoms with Gasteiger partial charge in [0.15, 0.2) is 0 Å². The van der Waals surface area contributed by atoms with Gasteiger partial charge in [-0.2, -0.15) is 5.26 Å². The van der Waals surface area contributed by atoms with Crippen molar-refractivity contribution in [2.45, 2.75) is 0 Å². The van der Waals surface area contributed by atoms with E-state index in [4.69, 9.17) is 15.5 Å². The Bertz CT molecular complexity index is 341. The third-order valence-electron chi connectivity index (χ3n) is 2.11. The van der Waals surface area contributed by atoms with Crippen LogP contribution in [0.5, 0.6) is 0 Å². The van der Waals surface area contributed by atoms with Crippen LogP contribution in [0.15, 0.2) is 24.3 Å². The summed E-state index contributed by atoms with van der Waals surface area (Å²) in [7, 11) is 0. The lowest BCUT2D eigenvalue weighted by atomic mass is 10.1. The van der Waals surface area contributed by atoms with Crippen LogP contribution < -0.4 is 4.90 Å². The summed E-state index contributed by atoms with van der Waals surface area (Å²) in [5.41, 5.74) is 1.31. The maximum atomic E-state index is 8.90. The zero-order valence-corrected chi connectivity index (χ0v) is 8.43. The fraction of sp³-hybridized carbons (Fsp3) is 0.364. The van der Waals surface area contributed by atoms with Gasteiger partial charge in [0.1, 0.15) is 6.07 Å². The van der Waals surface area contributed by atoms with Crippen molar-refractivity contribution < 1.29 is 10.2 Å². The molecule has 0 spiro atoms. The van der Waals surface area contributed by atoms with Crippen LogP contribution in [0.2, 0.25) is 0 Å². The van der Waals surface area contributed by atoms with Gasteiger partial charge in [-0.3, -0.25) is 0 Å². The lowest BCUT2D eigenvalue weighted by molar-refractivity contribution is 0.281. The predicted octanol–water partition coefficient (Wildman–Crippen LogP) is 0.349. The number of rotatable bonds is 5. The molecule has 4 nitrogen and oxygen atoms in total. The molecule has 0 unspecified atom stereocenters. The zero-order chi connectivity index (χ0) is 11.1. The van der Waals surface area contributed by atoms with E-state index in [9.17, 15) is 0 Å². The topological polar surface area (TPSA) is 67.5 Å². The van der Waals surface area contributed by atoms with Gasteiger partial charge in [-0.25, -0.2) is 0 Å². The molecule has 0 aromatic heterocycles. The van der Waals surface area contributed by atoms with Crippen LogP contribution in [0.1, 0.15) is 5.56 Å². The summed E-state index contributed by atoms with van der Waals surface area (Å²) in [5.74, 6) is 0. The molecule has 0 aliphatic rings.